The van der Waals surface area contributed by atoms with Crippen LogP contribution in [-0.4, -0.2) is 5.54 Å². The van der Waals surface area contributed by atoms with Gasteiger partial charge in [-0.25, -0.2) is 0 Å². The van der Waals surface area contributed by atoms with Gasteiger partial charge in [0.1, 0.15) is 0 Å². The zero-order chi connectivity index (χ0) is 10.6. The van der Waals surface area contributed by atoms with E-state index in [0.29, 0.717) is 0 Å². The van der Waals surface area contributed by atoms with Crippen LogP contribution in [0.25, 0.3) is 0 Å². The molecule has 0 atom stereocenters. The van der Waals surface area contributed by atoms with E-state index in [1.54, 1.807) is 0 Å². The van der Waals surface area contributed by atoms with Crippen molar-refractivity contribution < 1.29 is 0 Å². The molecule has 0 saturated heterocycles. The standard InChI is InChI=1S/C13H19N/c1-11(13(2,3)14)9-10-12-7-5-4-6-8-12/h4-8H,1,9-10,14H2,2-3H3. The van der Waals surface area contributed by atoms with Crippen molar-refractivity contribution in [2.24, 2.45) is 5.73 Å². The molecule has 0 spiro atoms. The van der Waals surface area contributed by atoms with E-state index < -0.39 is 0 Å². The summed E-state index contributed by atoms with van der Waals surface area (Å²) >= 11 is 0. The summed E-state index contributed by atoms with van der Waals surface area (Å²) in [6.07, 6.45) is 1.99. The van der Waals surface area contributed by atoms with Gasteiger partial charge in [0.05, 0.1) is 0 Å². The molecule has 0 aliphatic heterocycles. The predicted molar refractivity (Wildman–Crippen MR) is 62.2 cm³/mol. The summed E-state index contributed by atoms with van der Waals surface area (Å²) in [6, 6.07) is 10.4. The minimum atomic E-state index is -0.255. The third kappa shape index (κ3) is 3.35. The molecule has 14 heavy (non-hydrogen) atoms. The lowest BCUT2D eigenvalue weighted by molar-refractivity contribution is 0.584. The number of aryl methyl sites for hydroxylation is 1. The summed E-state index contributed by atoms with van der Waals surface area (Å²) in [6.45, 7) is 8.02. The molecule has 0 aliphatic carbocycles. The van der Waals surface area contributed by atoms with Crippen LogP contribution in [-0.2, 0) is 6.42 Å². The third-order valence-electron chi connectivity index (χ3n) is 2.47. The molecule has 0 saturated carbocycles. The maximum absolute atomic E-state index is 5.94. The highest BCUT2D eigenvalue weighted by Crippen LogP contribution is 2.16. The second-order valence-electron chi connectivity index (χ2n) is 4.31. The SMILES string of the molecule is C=C(CCc1ccccc1)C(C)(C)N. The first-order chi connectivity index (χ1) is 6.50. The fourth-order valence-electron chi connectivity index (χ4n) is 1.26. The molecular weight excluding hydrogens is 170 g/mol. The summed E-state index contributed by atoms with van der Waals surface area (Å²) in [5.74, 6) is 0. The Labute approximate surface area is 86.6 Å². The van der Waals surface area contributed by atoms with Crippen molar-refractivity contribution in [1.29, 1.82) is 0 Å². The minimum absolute atomic E-state index is 0.255. The largest absolute Gasteiger partial charge is 0.322 e. The molecule has 0 amide bonds. The van der Waals surface area contributed by atoms with E-state index in [1.165, 1.54) is 5.56 Å². The Morgan fingerprint density at radius 3 is 2.36 bits per heavy atom. The lowest BCUT2D eigenvalue weighted by Crippen LogP contribution is -2.34. The van der Waals surface area contributed by atoms with E-state index in [0.717, 1.165) is 18.4 Å². The fraction of sp³-hybridized carbons (Fsp3) is 0.385. The molecule has 0 aliphatic rings. The van der Waals surface area contributed by atoms with Crippen LogP contribution >= 0.6 is 0 Å². The Hall–Kier alpha value is -1.08. The molecule has 1 heteroatoms. The zero-order valence-corrected chi connectivity index (χ0v) is 9.09. The quantitative estimate of drug-likeness (QED) is 0.724. The minimum Gasteiger partial charge on any atom is -0.322 e. The third-order valence-corrected chi connectivity index (χ3v) is 2.47. The number of benzene rings is 1. The predicted octanol–water partition coefficient (Wildman–Crippen LogP) is 2.91. The van der Waals surface area contributed by atoms with Crippen molar-refractivity contribution in [3.05, 3.63) is 48.0 Å². The normalized spacial score (nSPS) is 11.4. The molecule has 0 heterocycles. The molecule has 1 aromatic carbocycles. The lowest BCUT2D eigenvalue weighted by atomic mass is 9.92. The first-order valence-electron chi connectivity index (χ1n) is 5.01. The van der Waals surface area contributed by atoms with Gasteiger partial charge < -0.3 is 5.73 Å². The Morgan fingerprint density at radius 1 is 1.29 bits per heavy atom. The molecule has 2 N–H and O–H groups in total. The summed E-state index contributed by atoms with van der Waals surface area (Å²) < 4.78 is 0. The molecule has 76 valence electrons. The van der Waals surface area contributed by atoms with Gasteiger partial charge in [-0.05, 0) is 32.3 Å². The fourth-order valence-corrected chi connectivity index (χ4v) is 1.26. The van der Waals surface area contributed by atoms with Crippen molar-refractivity contribution in [2.75, 3.05) is 0 Å². The monoisotopic (exact) mass is 189 g/mol. The summed E-state index contributed by atoms with van der Waals surface area (Å²) in [5.41, 5.74) is 8.15. The molecule has 1 rings (SSSR count). The van der Waals surface area contributed by atoms with Crippen LogP contribution in [0.2, 0.25) is 0 Å². The summed E-state index contributed by atoms with van der Waals surface area (Å²) in [5, 5.41) is 0. The van der Waals surface area contributed by atoms with Crippen molar-refractivity contribution >= 4 is 0 Å². The van der Waals surface area contributed by atoms with Crippen molar-refractivity contribution in [2.45, 2.75) is 32.2 Å². The summed E-state index contributed by atoms with van der Waals surface area (Å²) in [4.78, 5) is 0. The number of rotatable bonds is 4. The van der Waals surface area contributed by atoms with Gasteiger partial charge in [0.15, 0.2) is 0 Å². The first-order valence-corrected chi connectivity index (χ1v) is 5.01. The van der Waals surface area contributed by atoms with Gasteiger partial charge >= 0.3 is 0 Å². The van der Waals surface area contributed by atoms with E-state index >= 15 is 0 Å². The van der Waals surface area contributed by atoms with Crippen LogP contribution in [0, 0.1) is 0 Å². The highest BCUT2D eigenvalue weighted by molar-refractivity contribution is 5.18. The Morgan fingerprint density at radius 2 is 1.86 bits per heavy atom. The van der Waals surface area contributed by atoms with Gasteiger partial charge in [0, 0.05) is 5.54 Å². The van der Waals surface area contributed by atoms with Crippen molar-refractivity contribution in [1.82, 2.24) is 0 Å². The van der Waals surface area contributed by atoms with E-state index in [2.05, 4.69) is 30.8 Å². The number of hydrogen-bond acceptors (Lipinski definition) is 1. The zero-order valence-electron chi connectivity index (χ0n) is 9.09. The smallest absolute Gasteiger partial charge is 0.0308 e. The van der Waals surface area contributed by atoms with Crippen LogP contribution in [0.3, 0.4) is 0 Å². The van der Waals surface area contributed by atoms with Gasteiger partial charge in [-0.2, -0.15) is 0 Å². The molecule has 0 aromatic heterocycles. The highest BCUT2D eigenvalue weighted by atomic mass is 14.7. The van der Waals surface area contributed by atoms with Crippen LogP contribution in [0.15, 0.2) is 42.5 Å². The van der Waals surface area contributed by atoms with Crippen LogP contribution in [0.1, 0.15) is 25.8 Å². The summed E-state index contributed by atoms with van der Waals surface area (Å²) in [7, 11) is 0. The molecule has 0 radical (unpaired) electrons. The van der Waals surface area contributed by atoms with Gasteiger partial charge in [0.25, 0.3) is 0 Å². The Bertz CT molecular complexity index is 293. The van der Waals surface area contributed by atoms with Crippen LogP contribution in [0.4, 0.5) is 0 Å². The molecular formula is C13H19N. The molecule has 1 aromatic rings. The maximum atomic E-state index is 5.94. The molecule has 0 bridgehead atoms. The first kappa shape index (κ1) is 11.0. The van der Waals surface area contributed by atoms with Gasteiger partial charge in [-0.3, -0.25) is 0 Å². The van der Waals surface area contributed by atoms with Crippen molar-refractivity contribution in [3.63, 3.8) is 0 Å². The van der Waals surface area contributed by atoms with Crippen LogP contribution < -0.4 is 5.73 Å². The topological polar surface area (TPSA) is 26.0 Å². The van der Waals surface area contributed by atoms with Crippen molar-refractivity contribution in [3.8, 4) is 0 Å². The molecule has 0 fully saturated rings. The van der Waals surface area contributed by atoms with E-state index in [9.17, 15) is 0 Å². The van der Waals surface area contributed by atoms with E-state index in [-0.39, 0.29) is 5.54 Å². The van der Waals surface area contributed by atoms with Crippen LogP contribution in [0.5, 0.6) is 0 Å². The lowest BCUT2D eigenvalue weighted by Gasteiger charge is -2.21. The highest BCUT2D eigenvalue weighted by Gasteiger charge is 2.14. The number of hydrogen-bond donors (Lipinski definition) is 1. The second-order valence-corrected chi connectivity index (χ2v) is 4.31. The maximum Gasteiger partial charge on any atom is 0.0308 e. The number of nitrogens with two attached hydrogens (primary N) is 1. The van der Waals surface area contributed by atoms with Gasteiger partial charge in [-0.15, -0.1) is 0 Å². The second kappa shape index (κ2) is 4.43. The van der Waals surface area contributed by atoms with E-state index in [4.69, 9.17) is 5.73 Å². The average molecular weight is 189 g/mol. The average Bonchev–Trinajstić information content (AvgIpc) is 2.14. The van der Waals surface area contributed by atoms with Gasteiger partial charge in [-0.1, -0.05) is 42.5 Å². The van der Waals surface area contributed by atoms with Gasteiger partial charge in [0.2, 0.25) is 0 Å². The molecule has 1 nitrogen and oxygen atoms in total. The Kier molecular flexibility index (Phi) is 3.48. The Balaban J connectivity index is 2.46. The van der Waals surface area contributed by atoms with E-state index in [1.807, 2.05) is 19.9 Å². The molecule has 0 unspecified atom stereocenters.